The molecule has 118 valence electrons. The second kappa shape index (κ2) is 5.53. The van der Waals surface area contributed by atoms with E-state index < -0.39 is 0 Å². The van der Waals surface area contributed by atoms with Gasteiger partial charge in [0.1, 0.15) is 25.4 Å². The minimum atomic E-state index is 0.702. The molecule has 2 N–H and O–H groups in total. The Balaban J connectivity index is 2.19. The number of nitrogens with zero attached hydrogens (tertiary/aromatic N) is 1. The van der Waals surface area contributed by atoms with Crippen LogP contribution in [0.2, 0.25) is 0 Å². The van der Waals surface area contributed by atoms with E-state index in [1.54, 1.807) is 0 Å². The van der Waals surface area contributed by atoms with E-state index in [2.05, 4.69) is 47.0 Å². The highest BCUT2D eigenvalue weighted by Gasteiger charge is 2.17. The van der Waals surface area contributed by atoms with E-state index in [0.29, 0.717) is 5.69 Å². The van der Waals surface area contributed by atoms with E-state index in [-0.39, 0.29) is 0 Å². The fourth-order valence-electron chi connectivity index (χ4n) is 3.09. The number of fused-ring (bicyclic) bond motifs is 2. The molecule has 1 aliphatic carbocycles. The zero-order valence-corrected chi connectivity index (χ0v) is 13.8. The van der Waals surface area contributed by atoms with Gasteiger partial charge in [0, 0.05) is 34.3 Å². The second-order valence-electron chi connectivity index (χ2n) is 6.17. The first-order valence-corrected chi connectivity index (χ1v) is 7.95. The maximum absolute atomic E-state index is 6.17. The Morgan fingerprint density at radius 1 is 0.875 bits per heavy atom. The molecule has 0 atom stereocenters. The van der Waals surface area contributed by atoms with Gasteiger partial charge in [0.05, 0.1) is 6.07 Å². The number of hydrogen-bond donors (Lipinski definition) is 1. The first kappa shape index (κ1) is 14.5. The van der Waals surface area contributed by atoms with Gasteiger partial charge in [-0.15, -0.1) is 0 Å². The Morgan fingerprint density at radius 2 is 1.67 bits per heavy atom. The molecule has 0 amide bonds. The molecule has 2 aromatic carbocycles. The van der Waals surface area contributed by atoms with Gasteiger partial charge in [0.2, 0.25) is 5.36 Å². The zero-order valence-electron chi connectivity index (χ0n) is 13.8. The van der Waals surface area contributed by atoms with Crippen molar-refractivity contribution in [1.29, 1.82) is 0 Å². The second-order valence-corrected chi connectivity index (χ2v) is 6.17. The maximum Gasteiger partial charge on any atom is 0.203 e. The summed E-state index contributed by atoms with van der Waals surface area (Å²) in [6.45, 7) is 0. The van der Waals surface area contributed by atoms with Crippen molar-refractivity contribution in [1.82, 2.24) is 4.58 Å². The highest BCUT2D eigenvalue weighted by atomic mass is 16.3. The van der Waals surface area contributed by atoms with Crippen molar-refractivity contribution in [2.24, 2.45) is 0 Å². The Bertz CT molecular complexity index is 1070. The molecule has 3 heteroatoms. The predicted molar refractivity (Wildman–Crippen MR) is 99.8 cm³/mol. The van der Waals surface area contributed by atoms with Crippen LogP contribution in [0.1, 0.15) is 0 Å². The Hall–Kier alpha value is -3.07. The summed E-state index contributed by atoms with van der Waals surface area (Å²) in [7, 11) is 4.05. The highest BCUT2D eigenvalue weighted by molar-refractivity contribution is 6.02. The van der Waals surface area contributed by atoms with Gasteiger partial charge in [-0.1, -0.05) is 30.3 Å². The summed E-state index contributed by atoms with van der Waals surface area (Å²) < 4.78 is 8.24. The maximum atomic E-state index is 6.17. The summed E-state index contributed by atoms with van der Waals surface area (Å²) in [4.78, 5) is 0. The lowest BCUT2D eigenvalue weighted by Crippen LogP contribution is -2.21. The van der Waals surface area contributed by atoms with Crippen molar-refractivity contribution in [3.8, 4) is 22.5 Å². The average molecular weight is 315 g/mol. The highest BCUT2D eigenvalue weighted by Crippen LogP contribution is 2.39. The average Bonchev–Trinajstić information content (AvgIpc) is 2.59. The molecular formula is C21H19N2O+. The summed E-state index contributed by atoms with van der Waals surface area (Å²) in [6.07, 6.45) is 0. The molecule has 0 saturated heterocycles. The third kappa shape index (κ3) is 2.35. The molecule has 2 aliphatic rings. The summed E-state index contributed by atoms with van der Waals surface area (Å²) in [5, 5.41) is 2.18. The zero-order chi connectivity index (χ0) is 16.7. The van der Waals surface area contributed by atoms with Crippen molar-refractivity contribution in [3.63, 3.8) is 0 Å². The molecule has 0 saturated carbocycles. The molecule has 4 rings (SSSR count). The van der Waals surface area contributed by atoms with Crippen LogP contribution in [0.15, 0.2) is 71.1 Å². The van der Waals surface area contributed by atoms with Crippen LogP contribution < -0.4 is 15.7 Å². The normalized spacial score (nSPS) is 11.1. The van der Waals surface area contributed by atoms with E-state index in [1.165, 1.54) is 11.1 Å². The summed E-state index contributed by atoms with van der Waals surface area (Å²) in [5.74, 6) is 0.859. The molecule has 3 nitrogen and oxygen atoms in total. The van der Waals surface area contributed by atoms with Gasteiger partial charge in [-0.3, -0.25) is 0 Å². The molecule has 0 spiro atoms. The Kier molecular flexibility index (Phi) is 3.35. The summed E-state index contributed by atoms with van der Waals surface area (Å²) >= 11 is 0. The van der Waals surface area contributed by atoms with Crippen molar-refractivity contribution in [2.45, 2.75) is 0 Å². The van der Waals surface area contributed by atoms with Crippen molar-refractivity contribution in [2.75, 3.05) is 19.8 Å². The third-order valence-electron chi connectivity index (χ3n) is 4.31. The quantitative estimate of drug-likeness (QED) is 0.330. The van der Waals surface area contributed by atoms with Crippen LogP contribution in [-0.2, 0) is 0 Å². The number of anilines is 1. The number of benzene rings is 3. The van der Waals surface area contributed by atoms with E-state index in [1.807, 2.05) is 38.4 Å². The van der Waals surface area contributed by atoms with E-state index in [4.69, 9.17) is 10.2 Å². The Labute approximate surface area is 140 Å². The number of hydrogen-bond acceptors (Lipinski definition) is 2. The molecule has 0 radical (unpaired) electrons. The molecular weight excluding hydrogens is 296 g/mol. The van der Waals surface area contributed by atoms with Gasteiger partial charge in [0.25, 0.3) is 0 Å². The first-order valence-electron chi connectivity index (χ1n) is 7.95. The number of rotatable bonds is 1. The van der Waals surface area contributed by atoms with Gasteiger partial charge < -0.3 is 10.2 Å². The third-order valence-corrected chi connectivity index (χ3v) is 4.31. The van der Waals surface area contributed by atoms with E-state index >= 15 is 0 Å². The van der Waals surface area contributed by atoms with Crippen LogP contribution >= 0.6 is 0 Å². The lowest BCUT2D eigenvalue weighted by Gasteiger charge is -2.15. The van der Waals surface area contributed by atoms with Crippen LogP contribution in [0.25, 0.3) is 33.4 Å². The van der Waals surface area contributed by atoms with Crippen LogP contribution in [0, 0.1) is 0 Å². The monoisotopic (exact) mass is 315 g/mol. The van der Waals surface area contributed by atoms with Gasteiger partial charge in [-0.2, -0.15) is 0 Å². The van der Waals surface area contributed by atoms with Crippen molar-refractivity contribution in [3.05, 3.63) is 72.1 Å². The van der Waals surface area contributed by atoms with Gasteiger partial charge >= 0.3 is 0 Å². The largest absolute Gasteiger partial charge is 0.456 e. The van der Waals surface area contributed by atoms with Crippen LogP contribution in [0.3, 0.4) is 0 Å². The van der Waals surface area contributed by atoms with Crippen LogP contribution in [-0.4, -0.2) is 14.1 Å². The molecule has 0 fully saturated rings. The summed E-state index contributed by atoms with van der Waals surface area (Å²) in [6, 6.07) is 22.6. The summed E-state index contributed by atoms with van der Waals surface area (Å²) in [5.41, 5.74) is 10.9. The molecule has 0 unspecified atom stereocenters. The molecule has 1 aliphatic heterocycles. The lowest BCUT2D eigenvalue weighted by atomic mass is 9.93. The standard InChI is InChI=1S/C21H18N2O/c1-23(2)16-9-11-18-20(13-16)24-19-12-15(22)8-10-17(19)21(18)14-6-4-3-5-7-14/h3-13,22H,1-2H3/p+1. The number of nitrogen functional groups attached to an aromatic ring is 1. The smallest absolute Gasteiger partial charge is 0.203 e. The molecule has 2 aromatic rings. The van der Waals surface area contributed by atoms with Gasteiger partial charge in [0.15, 0.2) is 0 Å². The minimum Gasteiger partial charge on any atom is -0.456 e. The van der Waals surface area contributed by atoms with Crippen molar-refractivity contribution >= 4 is 16.7 Å². The van der Waals surface area contributed by atoms with Crippen molar-refractivity contribution < 1.29 is 4.42 Å². The minimum absolute atomic E-state index is 0.702. The fraction of sp³-hybridized carbons (Fsp3) is 0.0952. The van der Waals surface area contributed by atoms with Gasteiger partial charge in [-0.25, -0.2) is 4.58 Å². The molecule has 1 heterocycles. The van der Waals surface area contributed by atoms with E-state index in [9.17, 15) is 0 Å². The first-order chi connectivity index (χ1) is 11.6. The molecule has 0 bridgehead atoms. The Morgan fingerprint density at radius 3 is 2.42 bits per heavy atom. The molecule has 0 aromatic heterocycles. The SMILES string of the molecule is C[N+](C)=c1ccc2c(-c3ccccc3)c3ccc(N)cc3oc-2c1. The number of nitrogens with two attached hydrogens (primary N) is 1. The predicted octanol–water partition coefficient (Wildman–Crippen LogP) is 3.82. The van der Waals surface area contributed by atoms with Crippen LogP contribution in [0.4, 0.5) is 5.69 Å². The fourth-order valence-corrected chi connectivity index (χ4v) is 3.09. The molecule has 24 heavy (non-hydrogen) atoms. The lowest BCUT2D eigenvalue weighted by molar-refractivity contribution is 0.617. The van der Waals surface area contributed by atoms with Gasteiger partial charge in [-0.05, 0) is 23.8 Å². The van der Waals surface area contributed by atoms with Crippen LogP contribution in [0.5, 0.6) is 0 Å². The van der Waals surface area contributed by atoms with E-state index in [0.717, 1.165) is 27.7 Å². The topological polar surface area (TPSA) is 42.2 Å².